The van der Waals surface area contributed by atoms with Crippen LogP contribution in [-0.2, 0) is 4.79 Å². The summed E-state index contributed by atoms with van der Waals surface area (Å²) in [7, 11) is 0. The maximum Gasteiger partial charge on any atom is 0.231 e. The summed E-state index contributed by atoms with van der Waals surface area (Å²) < 4.78 is 15.8. The summed E-state index contributed by atoms with van der Waals surface area (Å²) >= 11 is 0. The van der Waals surface area contributed by atoms with Crippen LogP contribution in [0.5, 0.6) is 17.2 Å². The number of rotatable bonds is 7. The summed E-state index contributed by atoms with van der Waals surface area (Å²) in [5.74, 6) is 1.68. The molecule has 4 N–H and O–H groups in total. The summed E-state index contributed by atoms with van der Waals surface area (Å²) in [6, 6.07) is 5.17. The molecule has 1 unspecified atom stereocenters. The Balaban J connectivity index is 1.73. The van der Waals surface area contributed by atoms with E-state index in [1.54, 1.807) is 18.2 Å². The molecule has 1 atom stereocenters. The van der Waals surface area contributed by atoms with Crippen LogP contribution in [0.1, 0.15) is 6.42 Å². The Morgan fingerprint density at radius 1 is 1.45 bits per heavy atom. The highest BCUT2D eigenvalue weighted by molar-refractivity contribution is 5.76. The number of nitrogens with one attached hydrogen (secondary N) is 1. The van der Waals surface area contributed by atoms with Gasteiger partial charge >= 0.3 is 0 Å². The van der Waals surface area contributed by atoms with E-state index in [9.17, 15) is 9.90 Å². The van der Waals surface area contributed by atoms with Gasteiger partial charge in [-0.15, -0.1) is 0 Å². The number of aliphatic hydroxyl groups excluding tert-OH is 1. The average Bonchev–Trinajstić information content (AvgIpc) is 2.90. The number of aliphatic hydroxyl groups is 1. The van der Waals surface area contributed by atoms with E-state index in [1.165, 1.54) is 0 Å². The van der Waals surface area contributed by atoms with Crippen LogP contribution in [0.2, 0.25) is 0 Å². The molecule has 20 heavy (non-hydrogen) atoms. The number of fused-ring (bicyclic) bond motifs is 1. The van der Waals surface area contributed by atoms with Crippen molar-refractivity contribution in [3.05, 3.63) is 18.2 Å². The summed E-state index contributed by atoms with van der Waals surface area (Å²) in [5.41, 5.74) is 5.25. The molecule has 0 bridgehead atoms. The van der Waals surface area contributed by atoms with Crippen molar-refractivity contribution in [2.24, 2.45) is 5.73 Å². The van der Waals surface area contributed by atoms with E-state index in [0.717, 1.165) is 0 Å². The van der Waals surface area contributed by atoms with Crippen LogP contribution in [0, 0.1) is 0 Å². The van der Waals surface area contributed by atoms with Crippen LogP contribution in [0.25, 0.3) is 0 Å². The van der Waals surface area contributed by atoms with Crippen LogP contribution in [0.15, 0.2) is 18.2 Å². The first kappa shape index (κ1) is 14.4. The van der Waals surface area contributed by atoms with Crippen LogP contribution in [0.4, 0.5) is 0 Å². The Bertz CT molecular complexity index is 466. The van der Waals surface area contributed by atoms with Gasteiger partial charge in [0, 0.05) is 25.6 Å². The van der Waals surface area contributed by atoms with Gasteiger partial charge in [0.15, 0.2) is 11.5 Å². The summed E-state index contributed by atoms with van der Waals surface area (Å²) in [6.45, 7) is 0.691. The lowest BCUT2D eigenvalue weighted by molar-refractivity contribution is -0.121. The molecule has 110 valence electrons. The number of ether oxygens (including phenoxy) is 3. The van der Waals surface area contributed by atoms with Gasteiger partial charge < -0.3 is 30.4 Å². The zero-order valence-corrected chi connectivity index (χ0v) is 11.0. The topological polar surface area (TPSA) is 103 Å². The van der Waals surface area contributed by atoms with Crippen molar-refractivity contribution in [3.8, 4) is 17.2 Å². The molecule has 7 nitrogen and oxygen atoms in total. The highest BCUT2D eigenvalue weighted by atomic mass is 16.7. The third-order valence-electron chi connectivity index (χ3n) is 2.69. The van der Waals surface area contributed by atoms with Gasteiger partial charge in [-0.05, 0) is 12.1 Å². The van der Waals surface area contributed by atoms with Crippen LogP contribution in [0.3, 0.4) is 0 Å². The average molecular weight is 282 g/mol. The molecule has 0 spiro atoms. The normalized spacial score (nSPS) is 13.9. The van der Waals surface area contributed by atoms with Crippen molar-refractivity contribution in [1.29, 1.82) is 0 Å². The fourth-order valence-electron chi connectivity index (χ4n) is 1.67. The van der Waals surface area contributed by atoms with E-state index < -0.39 is 6.10 Å². The minimum atomic E-state index is -0.790. The van der Waals surface area contributed by atoms with Crippen LogP contribution >= 0.6 is 0 Å². The number of carbonyl (C=O) groups is 1. The fraction of sp³-hybridized carbons (Fsp3) is 0.462. The van der Waals surface area contributed by atoms with Gasteiger partial charge in [-0.2, -0.15) is 0 Å². The lowest BCUT2D eigenvalue weighted by atomic mass is 10.3. The van der Waals surface area contributed by atoms with Crippen molar-refractivity contribution in [2.45, 2.75) is 12.5 Å². The molecule has 1 heterocycles. The molecule has 0 aromatic heterocycles. The smallest absolute Gasteiger partial charge is 0.231 e. The van der Waals surface area contributed by atoms with Gasteiger partial charge in [-0.1, -0.05) is 0 Å². The Hall–Kier alpha value is -1.99. The first-order chi connectivity index (χ1) is 9.69. The first-order valence-electron chi connectivity index (χ1n) is 6.36. The standard InChI is InChI=1S/C13H18N2O5/c14-4-3-13(17)15-6-9(16)7-18-10-1-2-11-12(5-10)20-8-19-11/h1-2,5,9,16H,3-4,6-8,14H2,(H,15,17). The van der Waals surface area contributed by atoms with Gasteiger partial charge in [0.2, 0.25) is 12.7 Å². The number of amides is 1. The maximum absolute atomic E-state index is 11.2. The van der Waals surface area contributed by atoms with E-state index in [1.807, 2.05) is 0 Å². The van der Waals surface area contributed by atoms with Crippen molar-refractivity contribution in [3.63, 3.8) is 0 Å². The minimum Gasteiger partial charge on any atom is -0.491 e. The van der Waals surface area contributed by atoms with Gasteiger partial charge in [0.05, 0.1) is 0 Å². The third-order valence-corrected chi connectivity index (χ3v) is 2.69. The second kappa shape index (κ2) is 6.97. The molecular formula is C13H18N2O5. The lowest BCUT2D eigenvalue weighted by Crippen LogP contribution is -2.36. The Kier molecular flexibility index (Phi) is 5.03. The maximum atomic E-state index is 11.2. The van der Waals surface area contributed by atoms with Gasteiger partial charge in [0.25, 0.3) is 0 Å². The number of hydrogen-bond donors (Lipinski definition) is 3. The fourth-order valence-corrected chi connectivity index (χ4v) is 1.67. The molecule has 1 aliphatic heterocycles. The van der Waals surface area contributed by atoms with Crippen molar-refractivity contribution in [2.75, 3.05) is 26.5 Å². The van der Waals surface area contributed by atoms with E-state index in [0.29, 0.717) is 17.2 Å². The second-order valence-corrected chi connectivity index (χ2v) is 4.32. The molecule has 2 rings (SSSR count). The molecule has 0 radical (unpaired) electrons. The molecule has 1 aromatic rings. The Morgan fingerprint density at radius 2 is 2.25 bits per heavy atom. The molecule has 1 aromatic carbocycles. The van der Waals surface area contributed by atoms with E-state index >= 15 is 0 Å². The predicted molar refractivity (Wildman–Crippen MR) is 70.7 cm³/mol. The SMILES string of the molecule is NCCC(=O)NCC(O)COc1ccc2c(c1)OCO2. The summed E-state index contributed by atoms with van der Waals surface area (Å²) in [5, 5.41) is 12.3. The Morgan fingerprint density at radius 3 is 3.05 bits per heavy atom. The van der Waals surface area contributed by atoms with Crippen LogP contribution in [-0.4, -0.2) is 43.6 Å². The summed E-state index contributed by atoms with van der Waals surface area (Å²) in [6.07, 6.45) is -0.544. The van der Waals surface area contributed by atoms with Gasteiger partial charge in [-0.25, -0.2) is 0 Å². The number of nitrogens with two attached hydrogens (primary N) is 1. The molecule has 0 saturated carbocycles. The number of benzene rings is 1. The molecule has 0 saturated heterocycles. The molecule has 1 aliphatic rings. The molecule has 0 fully saturated rings. The zero-order valence-electron chi connectivity index (χ0n) is 11.0. The predicted octanol–water partition coefficient (Wildman–Crippen LogP) is -0.380. The molecular weight excluding hydrogens is 264 g/mol. The molecule has 7 heteroatoms. The molecule has 1 amide bonds. The van der Waals surface area contributed by atoms with Crippen molar-refractivity contribution >= 4 is 5.91 Å². The summed E-state index contributed by atoms with van der Waals surface area (Å²) in [4.78, 5) is 11.2. The van der Waals surface area contributed by atoms with E-state index in [2.05, 4.69) is 5.32 Å². The van der Waals surface area contributed by atoms with E-state index in [-0.39, 0.29) is 38.8 Å². The molecule has 0 aliphatic carbocycles. The largest absolute Gasteiger partial charge is 0.491 e. The van der Waals surface area contributed by atoms with Gasteiger partial charge in [-0.3, -0.25) is 4.79 Å². The number of hydrogen-bond acceptors (Lipinski definition) is 6. The zero-order chi connectivity index (χ0) is 14.4. The highest BCUT2D eigenvalue weighted by Gasteiger charge is 2.14. The first-order valence-corrected chi connectivity index (χ1v) is 6.36. The van der Waals surface area contributed by atoms with E-state index in [4.69, 9.17) is 19.9 Å². The minimum absolute atomic E-state index is 0.0720. The van der Waals surface area contributed by atoms with Crippen molar-refractivity contribution < 1.29 is 24.1 Å². The monoisotopic (exact) mass is 282 g/mol. The second-order valence-electron chi connectivity index (χ2n) is 4.32. The van der Waals surface area contributed by atoms with Gasteiger partial charge in [0.1, 0.15) is 18.5 Å². The Labute approximate surface area is 116 Å². The number of carbonyl (C=O) groups excluding carboxylic acids is 1. The van der Waals surface area contributed by atoms with Crippen molar-refractivity contribution in [1.82, 2.24) is 5.32 Å². The third kappa shape index (κ3) is 4.01. The lowest BCUT2D eigenvalue weighted by Gasteiger charge is -2.13. The van der Waals surface area contributed by atoms with Crippen LogP contribution < -0.4 is 25.3 Å². The highest BCUT2D eigenvalue weighted by Crippen LogP contribution is 2.35. The quantitative estimate of drug-likeness (QED) is 0.630.